The molecule has 0 fully saturated rings. The molecular formula is C25H45N. The van der Waals surface area contributed by atoms with E-state index in [1.54, 1.807) is 0 Å². The van der Waals surface area contributed by atoms with Gasteiger partial charge in [0.05, 0.1) is 0 Å². The molecule has 26 heavy (non-hydrogen) atoms. The van der Waals surface area contributed by atoms with Gasteiger partial charge in [-0.05, 0) is 65.9 Å². The molecule has 0 spiro atoms. The molecule has 0 aromatic rings. The number of hydrogen-bond donors (Lipinski definition) is 0. The molecule has 1 unspecified atom stereocenters. The maximum Gasteiger partial charge on any atom is 0.0319 e. The van der Waals surface area contributed by atoms with Gasteiger partial charge < -0.3 is 0 Å². The van der Waals surface area contributed by atoms with Crippen LogP contribution in [-0.4, -0.2) is 23.5 Å². The van der Waals surface area contributed by atoms with Crippen molar-refractivity contribution < 1.29 is 0 Å². The molecule has 0 aromatic carbocycles. The molecule has 0 radical (unpaired) electrons. The van der Waals surface area contributed by atoms with E-state index in [4.69, 9.17) is 0 Å². The van der Waals surface area contributed by atoms with Gasteiger partial charge in [0.25, 0.3) is 0 Å². The minimum absolute atomic E-state index is 0.536. The Bertz CT molecular complexity index is 449. The number of allylic oxidation sites excluding steroid dienone is 6. The second-order valence-corrected chi connectivity index (χ2v) is 6.71. The van der Waals surface area contributed by atoms with Crippen molar-refractivity contribution in [3.05, 3.63) is 60.3 Å². The molecule has 1 heterocycles. The fourth-order valence-electron chi connectivity index (χ4n) is 2.73. The first-order valence-electron chi connectivity index (χ1n) is 10.5. The Hall–Kier alpha value is -1.34. The van der Waals surface area contributed by atoms with Crippen molar-refractivity contribution in [2.75, 3.05) is 6.54 Å². The van der Waals surface area contributed by atoms with Gasteiger partial charge in [-0.1, -0.05) is 75.5 Å². The normalized spacial score (nSPS) is 17.9. The summed E-state index contributed by atoms with van der Waals surface area (Å²) in [6.45, 7) is 22.1. The Morgan fingerprint density at radius 3 is 2.35 bits per heavy atom. The third kappa shape index (κ3) is 13.9. The van der Waals surface area contributed by atoms with Crippen molar-refractivity contribution in [2.45, 2.75) is 93.2 Å². The van der Waals surface area contributed by atoms with E-state index in [9.17, 15) is 0 Å². The fraction of sp³-hybridized carbons (Fsp3) is 0.600. The standard InChI is InChI=1S/C14H23N.C9H16.C2H6/c1-11(2)8-9-14-7-6-10-15(12(3)4)13(14)5;1-3-5-7-9-8-6-4-2;1-2/h7-9,12-13H,1,6,10H2,2-5H3;3,5-6,8H,4,7,9H2,1-2H3;1-2H3/b9-8-;5-3-,8-6+;. The molecule has 1 rings (SSSR count). The summed E-state index contributed by atoms with van der Waals surface area (Å²) in [5, 5.41) is 0. The lowest BCUT2D eigenvalue weighted by molar-refractivity contribution is 0.181. The van der Waals surface area contributed by atoms with Crippen LogP contribution in [0.4, 0.5) is 0 Å². The van der Waals surface area contributed by atoms with Crippen LogP contribution in [0.2, 0.25) is 0 Å². The van der Waals surface area contributed by atoms with Crippen LogP contribution in [0.1, 0.15) is 81.1 Å². The van der Waals surface area contributed by atoms with Crippen LogP contribution in [0.5, 0.6) is 0 Å². The van der Waals surface area contributed by atoms with Crippen molar-refractivity contribution in [1.82, 2.24) is 4.90 Å². The van der Waals surface area contributed by atoms with Gasteiger partial charge in [0.1, 0.15) is 0 Å². The summed E-state index contributed by atoms with van der Waals surface area (Å²) in [6.07, 6.45) is 20.1. The second kappa shape index (κ2) is 18.5. The third-order valence-corrected chi connectivity index (χ3v) is 4.11. The van der Waals surface area contributed by atoms with E-state index in [-0.39, 0.29) is 0 Å². The van der Waals surface area contributed by atoms with E-state index in [2.05, 4.69) is 88.6 Å². The van der Waals surface area contributed by atoms with Crippen LogP contribution in [0.25, 0.3) is 0 Å². The molecular weight excluding hydrogens is 314 g/mol. The van der Waals surface area contributed by atoms with Gasteiger partial charge in [0, 0.05) is 18.6 Å². The lowest BCUT2D eigenvalue weighted by atomic mass is 9.99. The lowest BCUT2D eigenvalue weighted by Crippen LogP contribution is -2.42. The average Bonchev–Trinajstić information content (AvgIpc) is 2.62. The first-order chi connectivity index (χ1) is 12.4. The van der Waals surface area contributed by atoms with Crippen molar-refractivity contribution >= 4 is 0 Å². The Labute approximate surface area is 165 Å². The molecule has 0 amide bonds. The van der Waals surface area contributed by atoms with Gasteiger partial charge in [0.15, 0.2) is 0 Å². The summed E-state index contributed by atoms with van der Waals surface area (Å²) in [4.78, 5) is 2.54. The van der Waals surface area contributed by atoms with E-state index in [1.807, 2.05) is 20.8 Å². The van der Waals surface area contributed by atoms with Gasteiger partial charge in [-0.3, -0.25) is 4.90 Å². The molecule has 0 bridgehead atoms. The van der Waals surface area contributed by atoms with E-state index in [0.717, 1.165) is 12.0 Å². The van der Waals surface area contributed by atoms with E-state index in [1.165, 1.54) is 31.4 Å². The first kappa shape index (κ1) is 26.9. The highest BCUT2D eigenvalue weighted by atomic mass is 15.2. The van der Waals surface area contributed by atoms with E-state index >= 15 is 0 Å². The van der Waals surface area contributed by atoms with Crippen LogP contribution < -0.4 is 0 Å². The zero-order valence-corrected chi connectivity index (χ0v) is 18.9. The van der Waals surface area contributed by atoms with Crippen LogP contribution in [0.15, 0.2) is 60.3 Å². The number of rotatable bonds is 7. The van der Waals surface area contributed by atoms with E-state index in [0.29, 0.717) is 12.1 Å². The second-order valence-electron chi connectivity index (χ2n) is 6.71. The highest BCUT2D eigenvalue weighted by molar-refractivity contribution is 5.30. The molecule has 150 valence electrons. The summed E-state index contributed by atoms with van der Waals surface area (Å²) >= 11 is 0. The van der Waals surface area contributed by atoms with Crippen molar-refractivity contribution in [1.29, 1.82) is 0 Å². The van der Waals surface area contributed by atoms with Crippen LogP contribution in [0, 0.1) is 0 Å². The highest BCUT2D eigenvalue weighted by Crippen LogP contribution is 2.21. The summed E-state index contributed by atoms with van der Waals surface area (Å²) < 4.78 is 0. The molecule has 0 saturated heterocycles. The number of nitrogens with zero attached hydrogens (tertiary/aromatic N) is 1. The zero-order valence-electron chi connectivity index (χ0n) is 18.9. The summed E-state index contributed by atoms with van der Waals surface area (Å²) in [5.41, 5.74) is 2.54. The monoisotopic (exact) mass is 359 g/mol. The smallest absolute Gasteiger partial charge is 0.0319 e. The highest BCUT2D eigenvalue weighted by Gasteiger charge is 2.21. The third-order valence-electron chi connectivity index (χ3n) is 4.11. The Kier molecular flexibility index (Phi) is 19.1. The summed E-state index contributed by atoms with van der Waals surface area (Å²) in [5.74, 6) is 0. The van der Waals surface area contributed by atoms with Gasteiger partial charge in [-0.2, -0.15) is 0 Å². The molecule has 1 heteroatoms. The molecule has 1 atom stereocenters. The minimum atomic E-state index is 0.536. The van der Waals surface area contributed by atoms with Crippen LogP contribution in [0.3, 0.4) is 0 Å². The summed E-state index contributed by atoms with van der Waals surface area (Å²) in [7, 11) is 0. The molecule has 0 N–H and O–H groups in total. The molecule has 0 aliphatic carbocycles. The van der Waals surface area contributed by atoms with Crippen molar-refractivity contribution in [2.24, 2.45) is 0 Å². The summed E-state index contributed by atoms with van der Waals surface area (Å²) in [6, 6.07) is 1.16. The Morgan fingerprint density at radius 2 is 1.85 bits per heavy atom. The molecule has 1 nitrogen and oxygen atoms in total. The first-order valence-corrected chi connectivity index (χ1v) is 10.5. The Morgan fingerprint density at radius 1 is 1.23 bits per heavy atom. The molecule has 0 aromatic heterocycles. The predicted octanol–water partition coefficient (Wildman–Crippen LogP) is 7.88. The van der Waals surface area contributed by atoms with Crippen molar-refractivity contribution in [3.8, 4) is 0 Å². The minimum Gasteiger partial charge on any atom is -0.294 e. The largest absolute Gasteiger partial charge is 0.294 e. The maximum absolute atomic E-state index is 3.89. The lowest BCUT2D eigenvalue weighted by Gasteiger charge is -2.36. The molecule has 1 aliphatic rings. The maximum atomic E-state index is 3.89. The zero-order chi connectivity index (χ0) is 20.4. The van der Waals surface area contributed by atoms with Gasteiger partial charge in [0.2, 0.25) is 0 Å². The quantitative estimate of drug-likeness (QED) is 0.254. The topological polar surface area (TPSA) is 3.24 Å². The van der Waals surface area contributed by atoms with Crippen LogP contribution in [-0.2, 0) is 0 Å². The van der Waals surface area contributed by atoms with Gasteiger partial charge >= 0.3 is 0 Å². The van der Waals surface area contributed by atoms with Gasteiger partial charge in [-0.25, -0.2) is 0 Å². The Balaban J connectivity index is 0. The van der Waals surface area contributed by atoms with E-state index < -0.39 is 0 Å². The molecule has 0 saturated carbocycles. The SMILES string of the molecule is C/C=C\CC/C=C/CC.C=C(C)/C=C\C1=CCCN(C(C)C)C1C.CC. The van der Waals surface area contributed by atoms with Crippen LogP contribution >= 0.6 is 0 Å². The number of unbranched alkanes of at least 4 members (excludes halogenated alkanes) is 1. The molecule has 1 aliphatic heterocycles. The number of hydrogen-bond acceptors (Lipinski definition) is 1. The van der Waals surface area contributed by atoms with Gasteiger partial charge in [-0.15, -0.1) is 0 Å². The predicted molar refractivity (Wildman–Crippen MR) is 123 cm³/mol. The average molecular weight is 360 g/mol. The van der Waals surface area contributed by atoms with Crippen molar-refractivity contribution in [3.63, 3.8) is 0 Å². The fourth-order valence-corrected chi connectivity index (χ4v) is 2.73.